The molecule has 0 saturated heterocycles. The van der Waals surface area contributed by atoms with Crippen LogP contribution in [0.2, 0.25) is 0 Å². The first kappa shape index (κ1) is 19.1. The number of nitrogens with zero attached hydrogens (tertiary/aromatic N) is 2. The van der Waals surface area contributed by atoms with Crippen LogP contribution in [0.4, 0.5) is 4.39 Å². The molecule has 6 heteroatoms. The topological polar surface area (TPSA) is 83.2 Å². The summed E-state index contributed by atoms with van der Waals surface area (Å²) in [6.07, 6.45) is 4.55. The molecule has 0 spiro atoms. The minimum Gasteiger partial charge on any atom is -0.494 e. The van der Waals surface area contributed by atoms with Gasteiger partial charge in [-0.15, -0.1) is 0 Å². The molecule has 0 amide bonds. The fourth-order valence-corrected chi connectivity index (χ4v) is 2.72. The van der Waals surface area contributed by atoms with E-state index in [0.717, 1.165) is 5.56 Å². The van der Waals surface area contributed by atoms with Gasteiger partial charge >= 0.3 is 5.97 Å². The molecule has 1 heterocycles. The first-order chi connectivity index (χ1) is 13.6. The van der Waals surface area contributed by atoms with Gasteiger partial charge < -0.3 is 9.84 Å². The Labute approximate surface area is 161 Å². The third-order valence-electron chi connectivity index (χ3n) is 4.03. The van der Waals surface area contributed by atoms with Gasteiger partial charge in [0.15, 0.2) is 0 Å². The summed E-state index contributed by atoms with van der Waals surface area (Å²) in [5.41, 5.74) is 1.61. The van der Waals surface area contributed by atoms with E-state index in [2.05, 4.69) is 11.1 Å². The SMILES string of the molecule is N#CCCCOc1cccc(/C=C/c2cc(C(=O)O)c3ccc(F)cc3n2)c1. The molecular weight excluding hydrogens is 359 g/mol. The van der Waals surface area contributed by atoms with E-state index >= 15 is 0 Å². The third-order valence-corrected chi connectivity index (χ3v) is 4.03. The Morgan fingerprint density at radius 2 is 2.07 bits per heavy atom. The van der Waals surface area contributed by atoms with Crippen molar-refractivity contribution in [1.29, 1.82) is 5.26 Å². The lowest BCUT2D eigenvalue weighted by Gasteiger charge is -2.06. The molecule has 28 heavy (non-hydrogen) atoms. The van der Waals surface area contributed by atoms with Crippen molar-refractivity contribution in [2.24, 2.45) is 0 Å². The number of carboxylic acid groups (broad SMARTS) is 1. The zero-order chi connectivity index (χ0) is 19.9. The van der Waals surface area contributed by atoms with Crippen molar-refractivity contribution < 1.29 is 19.0 Å². The molecule has 2 aromatic carbocycles. The van der Waals surface area contributed by atoms with Gasteiger partial charge in [0.2, 0.25) is 0 Å². The van der Waals surface area contributed by atoms with E-state index in [9.17, 15) is 14.3 Å². The fourth-order valence-electron chi connectivity index (χ4n) is 2.72. The van der Waals surface area contributed by atoms with Crippen molar-refractivity contribution in [1.82, 2.24) is 4.98 Å². The molecule has 3 rings (SSSR count). The van der Waals surface area contributed by atoms with Gasteiger partial charge in [0, 0.05) is 17.9 Å². The second-order valence-electron chi connectivity index (χ2n) is 6.08. The van der Waals surface area contributed by atoms with E-state index in [4.69, 9.17) is 10.00 Å². The molecule has 0 aliphatic heterocycles. The number of unbranched alkanes of at least 4 members (excludes halogenated alkanes) is 1. The van der Waals surface area contributed by atoms with Crippen LogP contribution in [0.25, 0.3) is 23.1 Å². The Bertz CT molecular complexity index is 1090. The standard InChI is InChI=1S/C22H17FN2O3/c23-16-7-9-19-20(22(26)27)14-17(25-21(19)13-16)8-6-15-4-3-5-18(12-15)28-11-2-1-10-24/h3-9,12-14H,1-2,11H2,(H,26,27)/b8-6+. The van der Waals surface area contributed by atoms with Gasteiger partial charge in [0.05, 0.1) is 29.5 Å². The Balaban J connectivity index is 1.85. The zero-order valence-corrected chi connectivity index (χ0v) is 14.9. The highest BCUT2D eigenvalue weighted by Gasteiger charge is 2.11. The summed E-state index contributed by atoms with van der Waals surface area (Å²) < 4.78 is 19.1. The van der Waals surface area contributed by atoms with Crippen molar-refractivity contribution in [3.05, 3.63) is 71.2 Å². The maximum atomic E-state index is 13.5. The summed E-state index contributed by atoms with van der Waals surface area (Å²) in [5, 5.41) is 18.4. The molecule has 1 N–H and O–H groups in total. The predicted molar refractivity (Wildman–Crippen MR) is 104 cm³/mol. The lowest BCUT2D eigenvalue weighted by atomic mass is 10.1. The van der Waals surface area contributed by atoms with Gasteiger partial charge in [-0.25, -0.2) is 14.2 Å². The minimum absolute atomic E-state index is 0.0687. The molecular formula is C22H17FN2O3. The molecule has 140 valence electrons. The quantitative estimate of drug-likeness (QED) is 0.592. The largest absolute Gasteiger partial charge is 0.494 e. The highest BCUT2D eigenvalue weighted by molar-refractivity contribution is 6.03. The summed E-state index contributed by atoms with van der Waals surface area (Å²) in [6, 6.07) is 14.7. The number of carboxylic acids is 1. The smallest absolute Gasteiger partial charge is 0.336 e. The van der Waals surface area contributed by atoms with Crippen molar-refractivity contribution >= 4 is 29.0 Å². The molecule has 0 radical (unpaired) electrons. The molecule has 5 nitrogen and oxygen atoms in total. The number of ether oxygens (including phenoxy) is 1. The van der Waals surface area contributed by atoms with Crippen LogP contribution in [0.3, 0.4) is 0 Å². The van der Waals surface area contributed by atoms with Crippen molar-refractivity contribution in [3.63, 3.8) is 0 Å². The number of rotatable bonds is 7. The number of aromatic nitrogens is 1. The maximum absolute atomic E-state index is 13.5. The van der Waals surface area contributed by atoms with Gasteiger partial charge in [0.25, 0.3) is 0 Å². The van der Waals surface area contributed by atoms with E-state index in [1.54, 1.807) is 12.2 Å². The molecule has 0 atom stereocenters. The lowest BCUT2D eigenvalue weighted by Crippen LogP contribution is -2.00. The average molecular weight is 376 g/mol. The highest BCUT2D eigenvalue weighted by atomic mass is 19.1. The van der Waals surface area contributed by atoms with Crippen LogP contribution in [0.5, 0.6) is 5.75 Å². The Morgan fingerprint density at radius 1 is 1.21 bits per heavy atom. The van der Waals surface area contributed by atoms with Crippen LogP contribution < -0.4 is 4.74 Å². The van der Waals surface area contributed by atoms with Crippen molar-refractivity contribution in [2.45, 2.75) is 12.8 Å². The van der Waals surface area contributed by atoms with Gasteiger partial charge in [-0.3, -0.25) is 0 Å². The Hall–Kier alpha value is -3.72. The number of benzene rings is 2. The highest BCUT2D eigenvalue weighted by Crippen LogP contribution is 2.22. The van der Waals surface area contributed by atoms with Crippen molar-refractivity contribution in [3.8, 4) is 11.8 Å². The summed E-state index contributed by atoms with van der Waals surface area (Å²) in [6.45, 7) is 0.459. The predicted octanol–water partition coefficient (Wildman–Crippen LogP) is 4.93. The molecule has 3 aromatic rings. The number of pyridine rings is 1. The summed E-state index contributed by atoms with van der Waals surface area (Å²) in [7, 11) is 0. The van der Waals surface area contributed by atoms with Crippen LogP contribution in [-0.2, 0) is 0 Å². The molecule has 1 aromatic heterocycles. The van der Waals surface area contributed by atoms with Crippen LogP contribution in [-0.4, -0.2) is 22.7 Å². The summed E-state index contributed by atoms with van der Waals surface area (Å²) in [5.74, 6) is -0.889. The van der Waals surface area contributed by atoms with E-state index in [1.807, 2.05) is 24.3 Å². The second-order valence-corrected chi connectivity index (χ2v) is 6.08. The van der Waals surface area contributed by atoms with Crippen molar-refractivity contribution in [2.75, 3.05) is 6.61 Å². The van der Waals surface area contributed by atoms with Gasteiger partial charge in [-0.2, -0.15) is 5.26 Å². The number of carbonyl (C=O) groups is 1. The van der Waals surface area contributed by atoms with Crippen LogP contribution in [0.15, 0.2) is 48.5 Å². The first-order valence-corrected chi connectivity index (χ1v) is 8.68. The normalized spacial score (nSPS) is 10.9. The number of nitriles is 1. The zero-order valence-electron chi connectivity index (χ0n) is 14.9. The van der Waals surface area contributed by atoms with E-state index in [0.29, 0.717) is 36.3 Å². The van der Waals surface area contributed by atoms with E-state index in [1.165, 1.54) is 24.3 Å². The fraction of sp³-hybridized carbons (Fsp3) is 0.136. The molecule has 0 unspecified atom stereocenters. The first-order valence-electron chi connectivity index (χ1n) is 8.68. The summed E-state index contributed by atoms with van der Waals surface area (Å²) in [4.78, 5) is 15.9. The van der Waals surface area contributed by atoms with Gasteiger partial charge in [0.1, 0.15) is 11.6 Å². The average Bonchev–Trinajstić information content (AvgIpc) is 2.69. The van der Waals surface area contributed by atoms with Crippen LogP contribution >= 0.6 is 0 Å². The van der Waals surface area contributed by atoms with E-state index < -0.39 is 11.8 Å². The number of hydrogen-bond acceptors (Lipinski definition) is 4. The van der Waals surface area contributed by atoms with Crippen LogP contribution in [0.1, 0.15) is 34.5 Å². The third kappa shape index (κ3) is 4.71. The molecule has 0 bridgehead atoms. The number of aromatic carboxylic acids is 1. The molecule has 0 aliphatic rings. The van der Waals surface area contributed by atoms with Gasteiger partial charge in [-0.1, -0.05) is 18.2 Å². The minimum atomic E-state index is -1.10. The lowest BCUT2D eigenvalue weighted by molar-refractivity contribution is 0.0699. The Kier molecular flexibility index (Phi) is 5.97. The second kappa shape index (κ2) is 8.78. The molecule has 0 saturated carbocycles. The summed E-state index contributed by atoms with van der Waals surface area (Å²) >= 11 is 0. The van der Waals surface area contributed by atoms with Gasteiger partial charge in [-0.05, 0) is 48.4 Å². The Morgan fingerprint density at radius 3 is 2.86 bits per heavy atom. The maximum Gasteiger partial charge on any atom is 0.336 e. The van der Waals surface area contributed by atoms with E-state index in [-0.39, 0.29) is 11.1 Å². The number of hydrogen-bond donors (Lipinski definition) is 1. The monoisotopic (exact) mass is 376 g/mol. The molecule has 0 aliphatic carbocycles. The molecule has 0 fully saturated rings. The number of halogens is 1. The van der Waals surface area contributed by atoms with Crippen LogP contribution in [0, 0.1) is 17.1 Å². The number of fused-ring (bicyclic) bond motifs is 1.